The third-order valence-corrected chi connectivity index (χ3v) is 4.97. The Balaban J connectivity index is 1.92. The van der Waals surface area contributed by atoms with Gasteiger partial charge in [0, 0.05) is 16.5 Å². The van der Waals surface area contributed by atoms with E-state index in [4.69, 9.17) is 5.21 Å². The van der Waals surface area contributed by atoms with Crippen molar-refractivity contribution in [3.63, 3.8) is 0 Å². The number of thioether (sulfide) groups is 1. The Morgan fingerprint density at radius 2 is 2.00 bits per heavy atom. The van der Waals surface area contributed by atoms with Crippen LogP contribution in [-0.4, -0.2) is 21.3 Å². The van der Waals surface area contributed by atoms with E-state index >= 15 is 0 Å². The van der Waals surface area contributed by atoms with Gasteiger partial charge < -0.3 is 0 Å². The van der Waals surface area contributed by atoms with Gasteiger partial charge in [-0.15, -0.1) is 11.3 Å². The van der Waals surface area contributed by atoms with Crippen molar-refractivity contribution in [3.8, 4) is 11.1 Å². The standard InChI is InChI=1S/C15H10N2O4S2/c1-8-2-3-9(5-12(8)17(20)21)10-4-11(22-7-10)6-13-14(18)16-15(19)23-13/h2-7H,1H3,(H-,16,18,19,20,21)/p+1. The van der Waals surface area contributed by atoms with E-state index in [2.05, 4.69) is 5.32 Å². The van der Waals surface area contributed by atoms with E-state index in [1.54, 1.807) is 25.1 Å². The molecule has 0 bridgehead atoms. The van der Waals surface area contributed by atoms with Gasteiger partial charge in [0.2, 0.25) is 0 Å². The Kier molecular flexibility index (Phi) is 4.01. The normalized spacial score (nSPS) is 16.0. The molecule has 0 unspecified atom stereocenters. The molecule has 2 amide bonds. The first-order valence-electron chi connectivity index (χ1n) is 6.54. The minimum Gasteiger partial charge on any atom is -0.282 e. The minimum atomic E-state index is -0.394. The molecular weight excluding hydrogens is 336 g/mol. The smallest absolute Gasteiger partial charge is 0.282 e. The van der Waals surface area contributed by atoms with Crippen LogP contribution in [0.25, 0.3) is 17.2 Å². The molecular formula is C15H11N2O4S2+. The van der Waals surface area contributed by atoms with Crippen LogP contribution in [-0.2, 0) is 4.79 Å². The Hall–Kier alpha value is -2.45. The number of hydrogen-bond donors (Lipinski definition) is 2. The van der Waals surface area contributed by atoms with E-state index < -0.39 is 5.91 Å². The molecule has 8 heteroatoms. The average Bonchev–Trinajstić information content (AvgIpc) is 3.06. The van der Waals surface area contributed by atoms with Crippen molar-refractivity contribution in [2.24, 2.45) is 0 Å². The third kappa shape index (κ3) is 3.17. The first-order valence-corrected chi connectivity index (χ1v) is 8.24. The van der Waals surface area contributed by atoms with Crippen LogP contribution in [0.15, 0.2) is 34.6 Å². The highest BCUT2D eigenvalue weighted by Crippen LogP contribution is 2.32. The molecule has 0 spiro atoms. The highest BCUT2D eigenvalue weighted by molar-refractivity contribution is 8.18. The molecule has 2 heterocycles. The van der Waals surface area contributed by atoms with E-state index in [1.807, 2.05) is 17.5 Å². The van der Waals surface area contributed by atoms with E-state index in [0.29, 0.717) is 10.5 Å². The van der Waals surface area contributed by atoms with E-state index in [1.165, 1.54) is 11.3 Å². The largest absolute Gasteiger partial charge is 0.320 e. The highest BCUT2D eigenvalue weighted by Gasteiger charge is 2.25. The molecule has 0 saturated carbocycles. The van der Waals surface area contributed by atoms with Crippen LogP contribution in [0.5, 0.6) is 0 Å². The Morgan fingerprint density at radius 3 is 2.65 bits per heavy atom. The van der Waals surface area contributed by atoms with Gasteiger partial charge in [-0.3, -0.25) is 14.9 Å². The van der Waals surface area contributed by atoms with Crippen molar-refractivity contribution in [3.05, 3.63) is 49.9 Å². The number of hydrogen-bond acceptors (Lipinski definition) is 5. The van der Waals surface area contributed by atoms with Gasteiger partial charge in [0.25, 0.3) is 16.1 Å². The number of aryl methyl sites for hydroxylation is 1. The molecule has 0 atom stereocenters. The summed E-state index contributed by atoms with van der Waals surface area (Å²) in [6, 6.07) is 7.06. The quantitative estimate of drug-likeness (QED) is 0.650. The van der Waals surface area contributed by atoms with Crippen molar-refractivity contribution in [1.82, 2.24) is 5.32 Å². The zero-order valence-electron chi connectivity index (χ0n) is 11.9. The topological polar surface area (TPSA) is 86.5 Å². The second-order valence-electron chi connectivity index (χ2n) is 4.86. The molecule has 2 N–H and O–H groups in total. The second-order valence-corrected chi connectivity index (χ2v) is 6.82. The molecule has 1 aliphatic heterocycles. The maximum absolute atomic E-state index is 11.5. The average molecular weight is 347 g/mol. The first-order chi connectivity index (χ1) is 10.9. The van der Waals surface area contributed by atoms with Gasteiger partial charge in [-0.05, 0) is 47.3 Å². The number of amides is 2. The summed E-state index contributed by atoms with van der Waals surface area (Å²) >= 11 is 2.29. The van der Waals surface area contributed by atoms with E-state index in [-0.39, 0.29) is 15.8 Å². The van der Waals surface area contributed by atoms with Gasteiger partial charge in [0.1, 0.15) is 0 Å². The highest BCUT2D eigenvalue weighted by atomic mass is 32.2. The number of carbonyl (C=O) groups is 2. The number of imide groups is 1. The Bertz CT molecular complexity index is 870. The molecule has 1 aliphatic rings. The van der Waals surface area contributed by atoms with Crippen molar-refractivity contribution in [2.45, 2.75) is 6.92 Å². The zero-order chi connectivity index (χ0) is 16.6. The summed E-state index contributed by atoms with van der Waals surface area (Å²) in [5.41, 5.74) is 2.49. The maximum atomic E-state index is 11.5. The SMILES string of the molecule is Cc1ccc(-c2csc(C=C3SC(=O)NC3=O)c2)cc1[N+](=O)O. The fourth-order valence-electron chi connectivity index (χ4n) is 2.13. The summed E-state index contributed by atoms with van der Waals surface area (Å²) < 4.78 is 0. The molecule has 2 aromatic rings. The van der Waals surface area contributed by atoms with Crippen LogP contribution in [0, 0.1) is 11.8 Å². The summed E-state index contributed by atoms with van der Waals surface area (Å²) in [4.78, 5) is 34.8. The van der Waals surface area contributed by atoms with Crippen LogP contribution in [0.4, 0.5) is 10.5 Å². The molecule has 116 valence electrons. The fraction of sp³-hybridized carbons (Fsp3) is 0.0667. The number of nitrogens with one attached hydrogen (secondary N) is 1. The van der Waals surface area contributed by atoms with Crippen LogP contribution < -0.4 is 5.32 Å². The fourth-order valence-corrected chi connectivity index (χ4v) is 3.72. The van der Waals surface area contributed by atoms with Crippen molar-refractivity contribution in [2.75, 3.05) is 0 Å². The van der Waals surface area contributed by atoms with Gasteiger partial charge in [-0.1, -0.05) is 12.1 Å². The summed E-state index contributed by atoms with van der Waals surface area (Å²) in [5, 5.41) is 12.8. The van der Waals surface area contributed by atoms with Gasteiger partial charge >= 0.3 is 5.69 Å². The predicted molar refractivity (Wildman–Crippen MR) is 88.7 cm³/mol. The zero-order valence-corrected chi connectivity index (χ0v) is 13.5. The second kappa shape index (κ2) is 5.98. The molecule has 1 aromatic heterocycles. The lowest BCUT2D eigenvalue weighted by Crippen LogP contribution is -2.17. The maximum Gasteiger partial charge on any atom is 0.320 e. The lowest BCUT2D eigenvalue weighted by Gasteiger charge is -1.98. The summed E-state index contributed by atoms with van der Waals surface area (Å²) in [5.74, 6) is -0.394. The molecule has 0 radical (unpaired) electrons. The van der Waals surface area contributed by atoms with Gasteiger partial charge in [-0.2, -0.15) is 0 Å². The number of rotatable bonds is 3. The van der Waals surface area contributed by atoms with Crippen LogP contribution in [0.1, 0.15) is 10.4 Å². The van der Waals surface area contributed by atoms with Crippen molar-refractivity contribution >= 4 is 46.0 Å². The molecule has 6 nitrogen and oxygen atoms in total. The number of nitrogens with zero attached hydrogens (tertiary/aromatic N) is 1. The minimum absolute atomic E-state index is 0.154. The summed E-state index contributed by atoms with van der Waals surface area (Å²) in [6.07, 6.45) is 1.65. The summed E-state index contributed by atoms with van der Waals surface area (Å²) in [6.45, 7) is 1.73. The number of carbonyl (C=O) groups excluding carboxylic acids is 2. The molecule has 3 rings (SSSR count). The number of benzene rings is 1. The Labute approximate surface area is 139 Å². The molecule has 1 saturated heterocycles. The lowest BCUT2D eigenvalue weighted by atomic mass is 10.1. The third-order valence-electron chi connectivity index (χ3n) is 3.28. The lowest BCUT2D eigenvalue weighted by molar-refractivity contribution is -0.730. The van der Waals surface area contributed by atoms with Crippen molar-refractivity contribution in [1.29, 1.82) is 0 Å². The molecule has 0 aliphatic carbocycles. The van der Waals surface area contributed by atoms with Gasteiger partial charge in [0.15, 0.2) is 0 Å². The van der Waals surface area contributed by atoms with E-state index in [0.717, 1.165) is 27.8 Å². The van der Waals surface area contributed by atoms with Gasteiger partial charge in [0.05, 0.1) is 9.81 Å². The number of thiophene rings is 1. The predicted octanol–water partition coefficient (Wildman–Crippen LogP) is 3.85. The van der Waals surface area contributed by atoms with E-state index in [9.17, 15) is 14.5 Å². The van der Waals surface area contributed by atoms with Gasteiger partial charge in [-0.25, -0.2) is 5.21 Å². The van der Waals surface area contributed by atoms with Crippen molar-refractivity contribution < 1.29 is 19.7 Å². The summed E-state index contributed by atoms with van der Waals surface area (Å²) in [7, 11) is 0. The first kappa shape index (κ1) is 15.4. The van der Waals surface area contributed by atoms with Crippen LogP contribution >= 0.6 is 23.1 Å². The molecule has 23 heavy (non-hydrogen) atoms. The van der Waals surface area contributed by atoms with Crippen LogP contribution in [0.3, 0.4) is 0 Å². The van der Waals surface area contributed by atoms with Crippen LogP contribution in [0.2, 0.25) is 0 Å². The molecule has 1 fully saturated rings. The Morgan fingerprint density at radius 1 is 1.22 bits per heavy atom. The molecule has 1 aromatic carbocycles. The monoisotopic (exact) mass is 347 g/mol.